The van der Waals surface area contributed by atoms with Gasteiger partial charge in [-0.25, -0.2) is 4.98 Å². The molecule has 5 rings (SSSR count). The number of rotatable bonds is 1. The summed E-state index contributed by atoms with van der Waals surface area (Å²) in [5.41, 5.74) is 1.68. The number of amides is 2. The molecule has 1 saturated heterocycles. The molecule has 2 N–H and O–H groups in total. The number of nitrogens with zero attached hydrogens (tertiary/aromatic N) is 2. The lowest BCUT2D eigenvalue weighted by atomic mass is 9.89. The fourth-order valence-electron chi connectivity index (χ4n) is 5.00. The maximum atomic E-state index is 12.9. The van der Waals surface area contributed by atoms with Crippen LogP contribution >= 0.6 is 0 Å². The molecule has 1 saturated carbocycles. The van der Waals surface area contributed by atoms with Crippen molar-refractivity contribution < 1.29 is 14.0 Å². The van der Waals surface area contributed by atoms with Crippen LogP contribution in [0, 0.1) is 25.7 Å². The molecule has 3 aliphatic rings. The van der Waals surface area contributed by atoms with Crippen LogP contribution in [0.3, 0.4) is 0 Å². The summed E-state index contributed by atoms with van der Waals surface area (Å²) in [6.07, 6.45) is 1.84. The second kappa shape index (κ2) is 5.58. The van der Waals surface area contributed by atoms with E-state index in [-0.39, 0.29) is 17.7 Å². The lowest BCUT2D eigenvalue weighted by molar-refractivity contribution is 0.0735. The molecule has 2 amide bonds. The van der Waals surface area contributed by atoms with Gasteiger partial charge >= 0.3 is 0 Å². The van der Waals surface area contributed by atoms with E-state index in [0.29, 0.717) is 41.9 Å². The SMILES string of the molecule is Cc1nc(C)c(C(=O)N2C[C@H]3CC[C@]4(NC(=O)c5ccccc5N4)[C@H]3C2)o1. The van der Waals surface area contributed by atoms with Crippen molar-refractivity contribution in [2.75, 3.05) is 18.4 Å². The van der Waals surface area contributed by atoms with E-state index in [9.17, 15) is 9.59 Å². The van der Waals surface area contributed by atoms with Gasteiger partial charge in [-0.2, -0.15) is 0 Å². The first-order chi connectivity index (χ1) is 13.0. The van der Waals surface area contributed by atoms with Crippen LogP contribution < -0.4 is 10.6 Å². The Labute approximate surface area is 157 Å². The minimum Gasteiger partial charge on any atom is -0.436 e. The van der Waals surface area contributed by atoms with E-state index in [1.165, 1.54) is 0 Å². The Balaban J connectivity index is 1.41. The van der Waals surface area contributed by atoms with E-state index in [1.54, 1.807) is 13.8 Å². The predicted octanol–water partition coefficient (Wildman–Crippen LogP) is 2.33. The molecule has 0 unspecified atom stereocenters. The molecule has 1 aliphatic carbocycles. The smallest absolute Gasteiger partial charge is 0.291 e. The fourth-order valence-corrected chi connectivity index (χ4v) is 5.00. The van der Waals surface area contributed by atoms with Gasteiger partial charge in [0.2, 0.25) is 5.76 Å². The summed E-state index contributed by atoms with van der Waals surface area (Å²) in [4.78, 5) is 31.7. The number of carbonyl (C=O) groups is 2. The molecule has 3 heterocycles. The molecule has 1 aromatic heterocycles. The molecule has 3 atom stereocenters. The molecule has 2 aliphatic heterocycles. The van der Waals surface area contributed by atoms with Gasteiger partial charge < -0.3 is 20.0 Å². The van der Waals surface area contributed by atoms with E-state index in [0.717, 1.165) is 18.5 Å². The molecule has 0 radical (unpaired) electrons. The maximum absolute atomic E-state index is 12.9. The number of likely N-dealkylation sites (tertiary alicyclic amines) is 1. The van der Waals surface area contributed by atoms with E-state index in [1.807, 2.05) is 29.2 Å². The number of fused-ring (bicyclic) bond motifs is 3. The average Bonchev–Trinajstić information content (AvgIpc) is 3.30. The molecular formula is C20H22N4O3. The van der Waals surface area contributed by atoms with Crippen molar-refractivity contribution in [1.82, 2.24) is 15.2 Å². The summed E-state index contributed by atoms with van der Waals surface area (Å²) in [7, 11) is 0. The summed E-state index contributed by atoms with van der Waals surface area (Å²) in [5, 5.41) is 6.79. The number of anilines is 1. The maximum Gasteiger partial charge on any atom is 0.291 e. The molecule has 27 heavy (non-hydrogen) atoms. The van der Waals surface area contributed by atoms with Gasteiger partial charge in [0.15, 0.2) is 5.89 Å². The lowest BCUT2D eigenvalue weighted by Crippen LogP contribution is -2.61. The molecule has 7 heteroatoms. The van der Waals surface area contributed by atoms with Crippen LogP contribution in [0.4, 0.5) is 5.69 Å². The van der Waals surface area contributed by atoms with E-state index < -0.39 is 5.66 Å². The van der Waals surface area contributed by atoms with E-state index >= 15 is 0 Å². The highest BCUT2D eigenvalue weighted by Crippen LogP contribution is 2.47. The normalized spacial score (nSPS) is 28.7. The Morgan fingerprint density at radius 1 is 1.26 bits per heavy atom. The number of benzene rings is 1. The molecular weight excluding hydrogens is 344 g/mol. The standard InChI is InChI=1S/C20H22N4O3/c1-11-17(27-12(2)21-11)19(26)24-9-13-7-8-20(15(13)10-24)22-16-6-4-3-5-14(16)18(25)23-20/h3-6,13,15,22H,7-10H2,1-2H3,(H,23,25)/t13-,15+,20+/m1/s1. The van der Waals surface area contributed by atoms with Crippen LogP contribution in [-0.4, -0.2) is 40.5 Å². The van der Waals surface area contributed by atoms with Gasteiger partial charge in [-0.1, -0.05) is 12.1 Å². The van der Waals surface area contributed by atoms with Gasteiger partial charge in [-0.15, -0.1) is 0 Å². The van der Waals surface area contributed by atoms with Gasteiger partial charge in [0.1, 0.15) is 5.66 Å². The van der Waals surface area contributed by atoms with Crippen LogP contribution in [0.5, 0.6) is 0 Å². The zero-order valence-electron chi connectivity index (χ0n) is 15.4. The van der Waals surface area contributed by atoms with Crippen molar-refractivity contribution in [1.29, 1.82) is 0 Å². The Morgan fingerprint density at radius 2 is 2.07 bits per heavy atom. The third-order valence-electron chi connectivity index (χ3n) is 6.23. The summed E-state index contributed by atoms with van der Waals surface area (Å²) >= 11 is 0. The van der Waals surface area contributed by atoms with Crippen LogP contribution in [0.2, 0.25) is 0 Å². The number of para-hydroxylation sites is 1. The van der Waals surface area contributed by atoms with Crippen molar-refractivity contribution in [3.63, 3.8) is 0 Å². The van der Waals surface area contributed by atoms with Crippen molar-refractivity contribution in [3.05, 3.63) is 47.2 Å². The largest absolute Gasteiger partial charge is 0.436 e. The zero-order chi connectivity index (χ0) is 18.8. The second-order valence-electron chi connectivity index (χ2n) is 7.86. The monoisotopic (exact) mass is 366 g/mol. The van der Waals surface area contributed by atoms with Crippen LogP contribution in [0.25, 0.3) is 0 Å². The molecule has 1 spiro atoms. The van der Waals surface area contributed by atoms with Crippen molar-refractivity contribution in [2.45, 2.75) is 32.4 Å². The Bertz CT molecular complexity index is 952. The molecule has 7 nitrogen and oxygen atoms in total. The first-order valence-electron chi connectivity index (χ1n) is 9.40. The Kier molecular flexibility index (Phi) is 3.38. The summed E-state index contributed by atoms with van der Waals surface area (Å²) in [5.74, 6) is 1.20. The van der Waals surface area contributed by atoms with Crippen molar-refractivity contribution in [3.8, 4) is 0 Å². The minimum atomic E-state index is -0.489. The lowest BCUT2D eigenvalue weighted by Gasteiger charge is -2.41. The number of aromatic nitrogens is 1. The molecule has 0 bridgehead atoms. The zero-order valence-corrected chi connectivity index (χ0v) is 15.4. The molecule has 1 aromatic carbocycles. The van der Waals surface area contributed by atoms with Gasteiger partial charge in [-0.3, -0.25) is 9.59 Å². The van der Waals surface area contributed by atoms with Crippen LogP contribution in [0.1, 0.15) is 45.3 Å². The highest BCUT2D eigenvalue weighted by molar-refractivity contribution is 6.02. The van der Waals surface area contributed by atoms with Crippen molar-refractivity contribution in [2.24, 2.45) is 11.8 Å². The van der Waals surface area contributed by atoms with Crippen LogP contribution in [0.15, 0.2) is 28.7 Å². The van der Waals surface area contributed by atoms with Crippen LogP contribution in [-0.2, 0) is 0 Å². The van der Waals surface area contributed by atoms with Gasteiger partial charge in [-0.05, 0) is 37.8 Å². The van der Waals surface area contributed by atoms with E-state index in [4.69, 9.17) is 4.42 Å². The minimum absolute atomic E-state index is 0.0449. The predicted molar refractivity (Wildman–Crippen MR) is 98.4 cm³/mol. The van der Waals surface area contributed by atoms with Crippen molar-refractivity contribution >= 4 is 17.5 Å². The first kappa shape index (κ1) is 16.4. The number of oxazole rings is 1. The highest BCUT2D eigenvalue weighted by Gasteiger charge is 2.56. The topological polar surface area (TPSA) is 87.5 Å². The number of aryl methyl sites for hydroxylation is 2. The summed E-state index contributed by atoms with van der Waals surface area (Å²) in [6.45, 7) is 4.82. The average molecular weight is 366 g/mol. The third-order valence-corrected chi connectivity index (χ3v) is 6.23. The number of hydrogen-bond acceptors (Lipinski definition) is 5. The Hall–Kier alpha value is -2.83. The molecule has 2 aromatic rings. The number of carbonyl (C=O) groups excluding carboxylic acids is 2. The number of nitrogens with one attached hydrogen (secondary N) is 2. The van der Waals surface area contributed by atoms with E-state index in [2.05, 4.69) is 15.6 Å². The third kappa shape index (κ3) is 2.37. The summed E-state index contributed by atoms with van der Waals surface area (Å²) < 4.78 is 5.52. The first-order valence-corrected chi connectivity index (χ1v) is 9.40. The number of hydrogen-bond donors (Lipinski definition) is 2. The second-order valence-corrected chi connectivity index (χ2v) is 7.86. The molecule has 2 fully saturated rings. The highest BCUT2D eigenvalue weighted by atomic mass is 16.4. The quantitative estimate of drug-likeness (QED) is 0.809. The van der Waals surface area contributed by atoms with Gasteiger partial charge in [0.25, 0.3) is 11.8 Å². The van der Waals surface area contributed by atoms with Gasteiger partial charge in [0, 0.05) is 31.6 Å². The fraction of sp³-hybridized carbons (Fsp3) is 0.450. The summed E-state index contributed by atoms with van der Waals surface area (Å²) in [6, 6.07) is 7.58. The van der Waals surface area contributed by atoms with Gasteiger partial charge in [0.05, 0.1) is 11.3 Å². The molecule has 140 valence electrons. The Morgan fingerprint density at radius 3 is 2.85 bits per heavy atom.